The molecule has 124 valence electrons. The molecule has 0 saturated heterocycles. The first-order valence-electron chi connectivity index (χ1n) is 7.74. The highest BCUT2D eigenvalue weighted by Gasteiger charge is 2.22. The molecule has 2 aromatic heterocycles. The standard InChI is InChI=1S/C17H16N2O4S/c1-3-11-14(10-4-5-12-13(8-10)23-7-6-22-12)18-17-19(11)9(2)15(24-17)16(20)21/h4-5,8H,3,6-7H2,1-2H3,(H,20,21). The van der Waals surface area contributed by atoms with Crippen molar-refractivity contribution >= 4 is 22.3 Å². The van der Waals surface area contributed by atoms with Crippen LogP contribution in [0.3, 0.4) is 0 Å². The van der Waals surface area contributed by atoms with Gasteiger partial charge >= 0.3 is 5.97 Å². The van der Waals surface area contributed by atoms with Gasteiger partial charge in [-0.25, -0.2) is 9.78 Å². The van der Waals surface area contributed by atoms with Crippen LogP contribution in [0, 0.1) is 6.92 Å². The molecule has 0 bridgehead atoms. The van der Waals surface area contributed by atoms with Gasteiger partial charge in [-0.05, 0) is 31.5 Å². The molecule has 1 aliphatic rings. The minimum Gasteiger partial charge on any atom is -0.486 e. The molecular weight excluding hydrogens is 328 g/mol. The Morgan fingerprint density at radius 1 is 1.33 bits per heavy atom. The van der Waals surface area contributed by atoms with E-state index in [2.05, 4.69) is 4.98 Å². The zero-order chi connectivity index (χ0) is 16.8. The molecule has 0 spiro atoms. The second-order valence-corrected chi connectivity index (χ2v) is 6.54. The Kier molecular flexibility index (Phi) is 3.45. The van der Waals surface area contributed by atoms with E-state index in [4.69, 9.17) is 9.47 Å². The summed E-state index contributed by atoms with van der Waals surface area (Å²) in [5, 5.41) is 9.31. The van der Waals surface area contributed by atoms with Crippen molar-refractivity contribution in [3.8, 4) is 22.8 Å². The van der Waals surface area contributed by atoms with E-state index in [0.29, 0.717) is 23.1 Å². The molecule has 0 atom stereocenters. The van der Waals surface area contributed by atoms with E-state index in [0.717, 1.165) is 40.6 Å². The van der Waals surface area contributed by atoms with E-state index >= 15 is 0 Å². The number of carbonyl (C=O) groups is 1. The van der Waals surface area contributed by atoms with Crippen molar-refractivity contribution in [3.05, 3.63) is 34.5 Å². The number of carboxylic acids is 1. The molecule has 0 amide bonds. The minimum atomic E-state index is -0.911. The van der Waals surface area contributed by atoms with Gasteiger partial charge in [-0.15, -0.1) is 0 Å². The number of ether oxygens (including phenoxy) is 2. The fraction of sp³-hybridized carbons (Fsp3) is 0.294. The predicted molar refractivity (Wildman–Crippen MR) is 90.6 cm³/mol. The smallest absolute Gasteiger partial charge is 0.347 e. The molecule has 1 aliphatic heterocycles. The maximum atomic E-state index is 11.3. The van der Waals surface area contributed by atoms with E-state index < -0.39 is 5.97 Å². The number of hydrogen-bond acceptors (Lipinski definition) is 5. The zero-order valence-electron chi connectivity index (χ0n) is 13.3. The molecule has 7 heteroatoms. The molecule has 0 fully saturated rings. The molecule has 4 rings (SSSR count). The first kappa shape index (κ1) is 15.0. The molecule has 0 unspecified atom stereocenters. The van der Waals surface area contributed by atoms with Gasteiger partial charge in [0.2, 0.25) is 0 Å². The van der Waals surface area contributed by atoms with Gasteiger partial charge in [-0.3, -0.25) is 4.40 Å². The molecule has 1 aromatic carbocycles. The molecule has 6 nitrogen and oxygen atoms in total. The number of fused-ring (bicyclic) bond motifs is 2. The maximum Gasteiger partial charge on any atom is 0.347 e. The fourth-order valence-corrected chi connectivity index (χ4v) is 4.04. The predicted octanol–water partition coefficient (Wildman–Crippen LogP) is 3.40. The van der Waals surface area contributed by atoms with Crippen molar-refractivity contribution in [2.45, 2.75) is 20.3 Å². The third kappa shape index (κ3) is 2.16. The van der Waals surface area contributed by atoms with E-state index in [-0.39, 0.29) is 0 Å². The summed E-state index contributed by atoms with van der Waals surface area (Å²) in [6, 6.07) is 5.80. The highest BCUT2D eigenvalue weighted by atomic mass is 32.1. The third-order valence-corrected chi connectivity index (χ3v) is 5.27. The second kappa shape index (κ2) is 5.52. The summed E-state index contributed by atoms with van der Waals surface area (Å²) >= 11 is 1.20. The van der Waals surface area contributed by atoms with Crippen LogP contribution in [-0.2, 0) is 6.42 Å². The quantitative estimate of drug-likeness (QED) is 0.788. The van der Waals surface area contributed by atoms with Gasteiger partial charge in [0.1, 0.15) is 18.1 Å². The monoisotopic (exact) mass is 344 g/mol. The summed E-state index contributed by atoms with van der Waals surface area (Å²) in [5.74, 6) is 0.555. The van der Waals surface area contributed by atoms with Crippen molar-refractivity contribution in [2.24, 2.45) is 0 Å². The minimum absolute atomic E-state index is 0.334. The third-order valence-electron chi connectivity index (χ3n) is 4.14. The second-order valence-electron chi connectivity index (χ2n) is 5.56. The largest absolute Gasteiger partial charge is 0.486 e. The number of benzene rings is 1. The van der Waals surface area contributed by atoms with Crippen molar-refractivity contribution in [1.82, 2.24) is 9.38 Å². The summed E-state index contributed by atoms with van der Waals surface area (Å²) in [6.07, 6.45) is 0.752. The van der Waals surface area contributed by atoms with Crippen LogP contribution in [0.1, 0.15) is 28.0 Å². The van der Waals surface area contributed by atoms with Gasteiger partial charge in [-0.1, -0.05) is 18.3 Å². The Labute approximate surface area is 142 Å². The van der Waals surface area contributed by atoms with Crippen LogP contribution in [0.5, 0.6) is 11.5 Å². The van der Waals surface area contributed by atoms with E-state index in [1.165, 1.54) is 11.3 Å². The first-order chi connectivity index (χ1) is 11.6. The number of hydrogen-bond donors (Lipinski definition) is 1. The first-order valence-corrected chi connectivity index (χ1v) is 8.55. The Morgan fingerprint density at radius 3 is 2.79 bits per heavy atom. The topological polar surface area (TPSA) is 73.1 Å². The highest BCUT2D eigenvalue weighted by Crippen LogP contribution is 2.37. The van der Waals surface area contributed by atoms with Crippen LogP contribution in [0.25, 0.3) is 16.2 Å². The van der Waals surface area contributed by atoms with Crippen LogP contribution in [0.15, 0.2) is 18.2 Å². The van der Waals surface area contributed by atoms with Crippen molar-refractivity contribution in [2.75, 3.05) is 13.2 Å². The number of nitrogens with zero attached hydrogens (tertiary/aromatic N) is 2. The number of aromatic carboxylic acids is 1. The van der Waals surface area contributed by atoms with E-state index in [1.54, 1.807) is 0 Å². The van der Waals surface area contributed by atoms with Crippen molar-refractivity contribution in [3.63, 3.8) is 0 Å². The zero-order valence-corrected chi connectivity index (χ0v) is 14.1. The van der Waals surface area contributed by atoms with Crippen LogP contribution < -0.4 is 9.47 Å². The van der Waals surface area contributed by atoms with E-state index in [9.17, 15) is 9.90 Å². The number of rotatable bonds is 3. The number of aryl methyl sites for hydroxylation is 2. The van der Waals surface area contributed by atoms with Gasteiger partial charge < -0.3 is 14.6 Å². The lowest BCUT2D eigenvalue weighted by atomic mass is 10.1. The summed E-state index contributed by atoms with van der Waals surface area (Å²) < 4.78 is 13.2. The van der Waals surface area contributed by atoms with Gasteiger partial charge in [0.25, 0.3) is 0 Å². The summed E-state index contributed by atoms with van der Waals surface area (Å²) in [5.41, 5.74) is 3.53. The Hall–Kier alpha value is -2.54. The number of carboxylic acid groups (broad SMARTS) is 1. The highest BCUT2D eigenvalue weighted by molar-refractivity contribution is 7.19. The van der Waals surface area contributed by atoms with Gasteiger partial charge in [0, 0.05) is 11.3 Å². The average molecular weight is 344 g/mol. The molecule has 0 saturated carbocycles. The molecule has 1 N–H and O–H groups in total. The molecule has 3 heterocycles. The Morgan fingerprint density at radius 2 is 2.08 bits per heavy atom. The lowest BCUT2D eigenvalue weighted by Gasteiger charge is -2.18. The summed E-state index contributed by atoms with van der Waals surface area (Å²) in [6.45, 7) is 4.96. The summed E-state index contributed by atoms with van der Waals surface area (Å²) in [4.78, 5) is 17.1. The Balaban J connectivity index is 1.89. The van der Waals surface area contributed by atoms with Crippen molar-refractivity contribution in [1.29, 1.82) is 0 Å². The number of aromatic nitrogens is 2. The molecule has 0 aliphatic carbocycles. The van der Waals surface area contributed by atoms with Crippen molar-refractivity contribution < 1.29 is 19.4 Å². The fourth-order valence-electron chi connectivity index (χ4n) is 3.06. The molecule has 24 heavy (non-hydrogen) atoms. The number of thiazole rings is 1. The Bertz CT molecular complexity index is 957. The van der Waals surface area contributed by atoms with Crippen LogP contribution in [-0.4, -0.2) is 33.7 Å². The lowest BCUT2D eigenvalue weighted by Crippen LogP contribution is -2.15. The van der Waals surface area contributed by atoms with Crippen LogP contribution in [0.2, 0.25) is 0 Å². The number of imidazole rings is 1. The molecule has 0 radical (unpaired) electrons. The average Bonchev–Trinajstić information content (AvgIpc) is 3.11. The normalized spacial score (nSPS) is 13.4. The van der Waals surface area contributed by atoms with Crippen LogP contribution in [0.4, 0.5) is 0 Å². The molecular formula is C17H16N2O4S. The summed E-state index contributed by atoms with van der Waals surface area (Å²) in [7, 11) is 0. The SMILES string of the molecule is CCc1c(-c2ccc3c(c2)OCCO3)nc2sc(C(=O)O)c(C)n12. The van der Waals surface area contributed by atoms with Gasteiger partial charge in [-0.2, -0.15) is 0 Å². The van der Waals surface area contributed by atoms with Crippen LogP contribution >= 0.6 is 11.3 Å². The molecule has 3 aromatic rings. The maximum absolute atomic E-state index is 11.3. The van der Waals surface area contributed by atoms with Gasteiger partial charge in [0.15, 0.2) is 16.5 Å². The van der Waals surface area contributed by atoms with E-state index in [1.807, 2.05) is 36.4 Å². The lowest BCUT2D eigenvalue weighted by molar-refractivity contribution is 0.0701. The van der Waals surface area contributed by atoms with Gasteiger partial charge in [0.05, 0.1) is 11.4 Å².